The summed E-state index contributed by atoms with van der Waals surface area (Å²) in [6.45, 7) is 3.61. The highest BCUT2D eigenvalue weighted by Crippen LogP contribution is 2.35. The van der Waals surface area contributed by atoms with Crippen LogP contribution in [0, 0.1) is 5.82 Å². The summed E-state index contributed by atoms with van der Waals surface area (Å²) in [6, 6.07) is 15.4. The van der Waals surface area contributed by atoms with Gasteiger partial charge in [-0.15, -0.1) is 0 Å². The lowest BCUT2D eigenvalue weighted by Gasteiger charge is -2.40. The molecule has 1 heterocycles. The van der Waals surface area contributed by atoms with Crippen molar-refractivity contribution in [3.63, 3.8) is 0 Å². The number of benzene rings is 2. The summed E-state index contributed by atoms with van der Waals surface area (Å²) in [4.78, 5) is 2.28. The first-order valence-electron chi connectivity index (χ1n) is 7.42. The van der Waals surface area contributed by atoms with E-state index in [1.807, 2.05) is 24.3 Å². The highest BCUT2D eigenvalue weighted by Gasteiger charge is 2.35. The summed E-state index contributed by atoms with van der Waals surface area (Å²) in [5.41, 5.74) is 9.37. The first-order chi connectivity index (χ1) is 10.1. The predicted molar refractivity (Wildman–Crippen MR) is 85.1 cm³/mol. The first-order valence-corrected chi connectivity index (χ1v) is 7.42. The van der Waals surface area contributed by atoms with Gasteiger partial charge in [0, 0.05) is 18.8 Å². The van der Waals surface area contributed by atoms with E-state index in [-0.39, 0.29) is 11.4 Å². The number of hydrogen-bond donors (Lipinski definition) is 1. The lowest BCUT2D eigenvalue weighted by Crippen LogP contribution is -2.53. The SMILES string of the molecule is CC(CN)(Cc1ccccc1)N1CCc2ccc(F)cc21. The minimum Gasteiger partial charge on any atom is -0.364 e. The van der Waals surface area contributed by atoms with Crippen LogP contribution in [0.1, 0.15) is 18.1 Å². The fourth-order valence-electron chi connectivity index (χ4n) is 3.23. The van der Waals surface area contributed by atoms with Crippen LogP contribution in [0.25, 0.3) is 0 Å². The summed E-state index contributed by atoms with van der Waals surface area (Å²) in [5.74, 6) is -0.181. The smallest absolute Gasteiger partial charge is 0.125 e. The average Bonchev–Trinajstić information content (AvgIpc) is 2.91. The topological polar surface area (TPSA) is 29.3 Å². The van der Waals surface area contributed by atoms with E-state index in [0.717, 1.165) is 25.1 Å². The molecule has 21 heavy (non-hydrogen) atoms. The van der Waals surface area contributed by atoms with Gasteiger partial charge in [-0.1, -0.05) is 36.4 Å². The molecular formula is C18H21FN2. The third kappa shape index (κ3) is 2.66. The summed E-state index contributed by atoms with van der Waals surface area (Å²) >= 11 is 0. The zero-order valence-corrected chi connectivity index (χ0v) is 12.3. The highest BCUT2D eigenvalue weighted by molar-refractivity contribution is 5.60. The zero-order valence-electron chi connectivity index (χ0n) is 12.3. The molecule has 1 aliphatic rings. The van der Waals surface area contributed by atoms with Crippen molar-refractivity contribution in [2.75, 3.05) is 18.0 Å². The van der Waals surface area contributed by atoms with Crippen molar-refractivity contribution in [3.05, 3.63) is 65.5 Å². The van der Waals surface area contributed by atoms with E-state index >= 15 is 0 Å². The van der Waals surface area contributed by atoms with E-state index in [2.05, 4.69) is 24.0 Å². The average molecular weight is 284 g/mol. The van der Waals surface area contributed by atoms with Crippen molar-refractivity contribution in [2.24, 2.45) is 5.73 Å². The van der Waals surface area contributed by atoms with Crippen LogP contribution in [0.15, 0.2) is 48.5 Å². The molecule has 0 aliphatic carbocycles. The maximum absolute atomic E-state index is 13.6. The standard InChI is InChI=1S/C18H21FN2/c1-18(13-20,12-14-5-3-2-4-6-14)21-10-9-15-7-8-16(19)11-17(15)21/h2-8,11H,9-10,12-13,20H2,1H3. The second-order valence-electron chi connectivity index (χ2n) is 6.04. The Hall–Kier alpha value is -1.87. The van der Waals surface area contributed by atoms with E-state index < -0.39 is 0 Å². The van der Waals surface area contributed by atoms with Crippen LogP contribution in [0.2, 0.25) is 0 Å². The molecular weight excluding hydrogens is 263 g/mol. The molecule has 2 nitrogen and oxygen atoms in total. The minimum atomic E-state index is -0.194. The normalized spacial score (nSPS) is 16.6. The van der Waals surface area contributed by atoms with Gasteiger partial charge in [-0.3, -0.25) is 0 Å². The molecule has 1 atom stereocenters. The summed E-state index contributed by atoms with van der Waals surface area (Å²) in [5, 5.41) is 0. The molecule has 2 aromatic rings. The molecule has 3 rings (SSSR count). The molecule has 0 saturated heterocycles. The fourth-order valence-corrected chi connectivity index (χ4v) is 3.23. The maximum atomic E-state index is 13.6. The maximum Gasteiger partial charge on any atom is 0.125 e. The van der Waals surface area contributed by atoms with Crippen LogP contribution < -0.4 is 10.6 Å². The Bertz CT molecular complexity index is 626. The second kappa shape index (κ2) is 5.49. The predicted octanol–water partition coefficient (Wildman–Crippen LogP) is 3.15. The van der Waals surface area contributed by atoms with Gasteiger partial charge in [0.2, 0.25) is 0 Å². The molecule has 0 saturated carbocycles. The number of halogens is 1. The lowest BCUT2D eigenvalue weighted by atomic mass is 9.90. The Balaban J connectivity index is 1.93. The molecule has 0 bridgehead atoms. The van der Waals surface area contributed by atoms with Crippen LogP contribution in [0.3, 0.4) is 0 Å². The number of fused-ring (bicyclic) bond motifs is 1. The van der Waals surface area contributed by atoms with E-state index in [1.165, 1.54) is 11.1 Å². The Morgan fingerprint density at radius 2 is 1.95 bits per heavy atom. The quantitative estimate of drug-likeness (QED) is 0.934. The highest BCUT2D eigenvalue weighted by atomic mass is 19.1. The summed E-state index contributed by atoms with van der Waals surface area (Å²) in [7, 11) is 0. The van der Waals surface area contributed by atoms with Crippen LogP contribution in [0.5, 0.6) is 0 Å². The van der Waals surface area contributed by atoms with Gasteiger partial charge in [-0.2, -0.15) is 0 Å². The monoisotopic (exact) mass is 284 g/mol. The molecule has 0 aromatic heterocycles. The van der Waals surface area contributed by atoms with Crippen LogP contribution in [-0.4, -0.2) is 18.6 Å². The van der Waals surface area contributed by atoms with Crippen LogP contribution >= 0.6 is 0 Å². The van der Waals surface area contributed by atoms with Crippen LogP contribution in [-0.2, 0) is 12.8 Å². The van der Waals surface area contributed by atoms with Gasteiger partial charge in [0.05, 0.1) is 5.54 Å². The Kier molecular flexibility index (Phi) is 3.68. The van der Waals surface area contributed by atoms with Gasteiger partial charge in [0.1, 0.15) is 5.82 Å². The van der Waals surface area contributed by atoms with E-state index in [0.29, 0.717) is 6.54 Å². The van der Waals surface area contributed by atoms with Crippen LogP contribution in [0.4, 0.5) is 10.1 Å². The van der Waals surface area contributed by atoms with E-state index in [9.17, 15) is 4.39 Å². The molecule has 0 spiro atoms. The zero-order chi connectivity index (χ0) is 14.9. The fraction of sp³-hybridized carbons (Fsp3) is 0.333. The number of nitrogens with two attached hydrogens (primary N) is 1. The summed E-state index contributed by atoms with van der Waals surface area (Å²) in [6.07, 6.45) is 1.82. The van der Waals surface area contributed by atoms with Gasteiger partial charge in [-0.25, -0.2) is 4.39 Å². The second-order valence-corrected chi connectivity index (χ2v) is 6.04. The number of rotatable bonds is 4. The van der Waals surface area contributed by atoms with E-state index in [4.69, 9.17) is 5.73 Å². The number of nitrogens with zero attached hydrogens (tertiary/aromatic N) is 1. The lowest BCUT2D eigenvalue weighted by molar-refractivity contribution is 0.435. The van der Waals surface area contributed by atoms with Gasteiger partial charge in [0.15, 0.2) is 0 Å². The molecule has 3 heteroatoms. The third-order valence-corrected chi connectivity index (χ3v) is 4.46. The molecule has 1 unspecified atom stereocenters. The Morgan fingerprint density at radius 3 is 2.67 bits per heavy atom. The number of hydrogen-bond acceptors (Lipinski definition) is 2. The molecule has 0 amide bonds. The van der Waals surface area contributed by atoms with Crippen molar-refractivity contribution in [1.29, 1.82) is 0 Å². The number of anilines is 1. The molecule has 2 aromatic carbocycles. The molecule has 0 radical (unpaired) electrons. The first kappa shape index (κ1) is 14.1. The largest absolute Gasteiger partial charge is 0.364 e. The molecule has 110 valence electrons. The van der Waals surface area contributed by atoms with Gasteiger partial charge in [-0.05, 0) is 43.0 Å². The van der Waals surface area contributed by atoms with Gasteiger partial charge < -0.3 is 10.6 Å². The van der Waals surface area contributed by atoms with Crippen molar-refractivity contribution in [2.45, 2.75) is 25.3 Å². The van der Waals surface area contributed by atoms with Crippen molar-refractivity contribution in [3.8, 4) is 0 Å². The summed E-state index contributed by atoms with van der Waals surface area (Å²) < 4.78 is 13.6. The molecule has 1 aliphatic heterocycles. The Morgan fingerprint density at radius 1 is 1.19 bits per heavy atom. The van der Waals surface area contributed by atoms with Gasteiger partial charge >= 0.3 is 0 Å². The van der Waals surface area contributed by atoms with E-state index in [1.54, 1.807) is 12.1 Å². The van der Waals surface area contributed by atoms with Crippen molar-refractivity contribution < 1.29 is 4.39 Å². The van der Waals surface area contributed by atoms with Crippen molar-refractivity contribution in [1.82, 2.24) is 0 Å². The minimum absolute atomic E-state index is 0.181. The van der Waals surface area contributed by atoms with Crippen molar-refractivity contribution >= 4 is 5.69 Å². The molecule has 0 fully saturated rings. The Labute approximate surface area is 125 Å². The third-order valence-electron chi connectivity index (χ3n) is 4.46. The molecule has 2 N–H and O–H groups in total. The van der Waals surface area contributed by atoms with Gasteiger partial charge in [0.25, 0.3) is 0 Å².